The van der Waals surface area contributed by atoms with Gasteiger partial charge in [0, 0.05) is 5.56 Å². The van der Waals surface area contributed by atoms with E-state index in [1.54, 1.807) is 6.07 Å². The normalized spacial score (nSPS) is 11.1. The maximum Gasteiger partial charge on any atom is 0.235 e. The molecule has 146 valence electrons. The van der Waals surface area contributed by atoms with Crippen molar-refractivity contribution >= 4 is 21.7 Å². The number of benzene rings is 4. The highest BCUT2D eigenvalue weighted by molar-refractivity contribution is 5.86. The summed E-state index contributed by atoms with van der Waals surface area (Å²) in [4.78, 5) is 13.3. The van der Waals surface area contributed by atoms with Gasteiger partial charge in [0.2, 0.25) is 11.2 Å². The summed E-state index contributed by atoms with van der Waals surface area (Å²) in [6.45, 7) is 2.31. The maximum atomic E-state index is 13.3. The first-order chi connectivity index (χ1) is 14.7. The van der Waals surface area contributed by atoms with Crippen molar-refractivity contribution in [2.75, 3.05) is 0 Å². The summed E-state index contributed by atoms with van der Waals surface area (Å²) < 4.78 is 12.3. The number of fused-ring (bicyclic) bond motifs is 2. The smallest absolute Gasteiger partial charge is 0.235 e. The van der Waals surface area contributed by atoms with Crippen LogP contribution in [0.5, 0.6) is 5.75 Å². The van der Waals surface area contributed by atoms with Crippen LogP contribution in [0, 0.1) is 6.92 Å². The molecular weight excluding hydrogens is 372 g/mol. The molecule has 0 atom stereocenters. The van der Waals surface area contributed by atoms with E-state index in [1.165, 1.54) is 0 Å². The lowest BCUT2D eigenvalue weighted by atomic mass is 10.1. The number of aryl methyl sites for hydroxylation is 1. The third-order valence-corrected chi connectivity index (χ3v) is 5.32. The summed E-state index contributed by atoms with van der Waals surface area (Å²) in [6, 6.07) is 29.4. The molecule has 0 N–H and O–H groups in total. The van der Waals surface area contributed by atoms with E-state index in [2.05, 4.69) is 18.2 Å². The average Bonchev–Trinajstić information content (AvgIpc) is 2.79. The molecule has 0 fully saturated rings. The van der Waals surface area contributed by atoms with Gasteiger partial charge in [-0.15, -0.1) is 0 Å². The lowest BCUT2D eigenvalue weighted by Gasteiger charge is -2.13. The molecule has 5 aromatic rings. The zero-order chi connectivity index (χ0) is 20.5. The number of hydrogen-bond donors (Lipinski definition) is 0. The first-order valence-electron chi connectivity index (χ1n) is 9.93. The Hall–Kier alpha value is -3.85. The first-order valence-corrected chi connectivity index (χ1v) is 9.93. The van der Waals surface area contributed by atoms with Crippen LogP contribution >= 0.6 is 0 Å². The van der Waals surface area contributed by atoms with Gasteiger partial charge in [0.15, 0.2) is 5.76 Å². The minimum absolute atomic E-state index is 0.160. The molecule has 0 aliphatic carbocycles. The Kier molecular flexibility index (Phi) is 4.56. The van der Waals surface area contributed by atoms with Gasteiger partial charge in [0.1, 0.15) is 12.2 Å². The molecule has 30 heavy (non-hydrogen) atoms. The van der Waals surface area contributed by atoms with Crippen LogP contribution in [0.25, 0.3) is 33.1 Å². The quantitative estimate of drug-likeness (QED) is 0.350. The van der Waals surface area contributed by atoms with Crippen LogP contribution in [0.15, 0.2) is 100 Å². The molecule has 0 radical (unpaired) electrons. The summed E-state index contributed by atoms with van der Waals surface area (Å²) in [5.41, 5.74) is 3.37. The molecule has 0 aliphatic heterocycles. The Balaban J connectivity index is 1.63. The first kappa shape index (κ1) is 18.2. The van der Waals surface area contributed by atoms with E-state index in [9.17, 15) is 4.79 Å². The van der Waals surface area contributed by atoms with E-state index in [4.69, 9.17) is 9.15 Å². The van der Waals surface area contributed by atoms with Crippen molar-refractivity contribution in [3.63, 3.8) is 0 Å². The molecule has 1 aromatic heterocycles. The van der Waals surface area contributed by atoms with Crippen LogP contribution in [-0.2, 0) is 6.61 Å². The highest BCUT2D eigenvalue weighted by Gasteiger charge is 2.18. The standard InChI is InChI=1S/C27H20O3/c1-18-13-15-20(16-14-18)26-27(25(28)23-11-4-5-12-24(23)30-26)29-17-21-9-6-8-19-7-2-3-10-22(19)21/h2-16H,17H2,1H3. The van der Waals surface area contributed by atoms with E-state index in [0.29, 0.717) is 16.7 Å². The molecule has 3 nitrogen and oxygen atoms in total. The van der Waals surface area contributed by atoms with E-state index in [0.717, 1.165) is 27.5 Å². The van der Waals surface area contributed by atoms with Crippen molar-refractivity contribution < 1.29 is 9.15 Å². The minimum Gasteiger partial charge on any atom is -0.481 e. The Labute approximate surface area is 174 Å². The molecule has 0 unspecified atom stereocenters. The van der Waals surface area contributed by atoms with Gasteiger partial charge in [-0.3, -0.25) is 4.79 Å². The van der Waals surface area contributed by atoms with Crippen molar-refractivity contribution in [3.8, 4) is 17.1 Å². The molecule has 5 rings (SSSR count). The van der Waals surface area contributed by atoms with E-state index < -0.39 is 0 Å². The summed E-state index contributed by atoms with van der Waals surface area (Å²) in [5, 5.41) is 2.77. The molecule has 0 saturated heterocycles. The van der Waals surface area contributed by atoms with Crippen LogP contribution in [-0.4, -0.2) is 0 Å². The summed E-state index contributed by atoms with van der Waals surface area (Å²) >= 11 is 0. The van der Waals surface area contributed by atoms with Crippen molar-refractivity contribution in [2.24, 2.45) is 0 Å². The third-order valence-electron chi connectivity index (χ3n) is 5.32. The summed E-state index contributed by atoms with van der Waals surface area (Å²) in [5.74, 6) is 0.699. The number of ether oxygens (including phenoxy) is 1. The highest BCUT2D eigenvalue weighted by atomic mass is 16.5. The van der Waals surface area contributed by atoms with Gasteiger partial charge < -0.3 is 9.15 Å². The predicted molar refractivity (Wildman–Crippen MR) is 121 cm³/mol. The fourth-order valence-electron chi connectivity index (χ4n) is 3.72. The molecule has 0 bridgehead atoms. The van der Waals surface area contributed by atoms with Gasteiger partial charge in [-0.2, -0.15) is 0 Å². The van der Waals surface area contributed by atoms with Gasteiger partial charge in [0.25, 0.3) is 0 Å². The molecule has 0 aliphatic rings. The second kappa shape index (κ2) is 7.53. The average molecular weight is 392 g/mol. The van der Waals surface area contributed by atoms with E-state index in [1.807, 2.05) is 73.7 Å². The maximum absolute atomic E-state index is 13.3. The van der Waals surface area contributed by atoms with Crippen LogP contribution in [0.3, 0.4) is 0 Å². The molecule has 1 heterocycles. The number of hydrogen-bond acceptors (Lipinski definition) is 3. The molecule has 0 spiro atoms. The number of para-hydroxylation sites is 1. The van der Waals surface area contributed by atoms with Crippen LogP contribution in [0.1, 0.15) is 11.1 Å². The summed E-state index contributed by atoms with van der Waals surface area (Å²) in [6.07, 6.45) is 0. The Bertz CT molecular complexity index is 1410. The summed E-state index contributed by atoms with van der Waals surface area (Å²) in [7, 11) is 0. The van der Waals surface area contributed by atoms with Crippen molar-refractivity contribution in [1.29, 1.82) is 0 Å². The number of rotatable bonds is 4. The largest absolute Gasteiger partial charge is 0.481 e. The Morgan fingerprint density at radius 3 is 2.30 bits per heavy atom. The van der Waals surface area contributed by atoms with Crippen molar-refractivity contribution in [3.05, 3.63) is 112 Å². The van der Waals surface area contributed by atoms with Gasteiger partial charge >= 0.3 is 0 Å². The second-order valence-electron chi connectivity index (χ2n) is 7.38. The minimum atomic E-state index is -0.160. The van der Waals surface area contributed by atoms with Gasteiger partial charge in [-0.25, -0.2) is 0 Å². The van der Waals surface area contributed by atoms with Crippen molar-refractivity contribution in [1.82, 2.24) is 0 Å². The third kappa shape index (κ3) is 3.25. The Morgan fingerprint density at radius 1 is 0.767 bits per heavy atom. The zero-order valence-electron chi connectivity index (χ0n) is 16.6. The van der Waals surface area contributed by atoms with Gasteiger partial charge in [0.05, 0.1) is 5.39 Å². The SMILES string of the molecule is Cc1ccc(-c2oc3ccccc3c(=O)c2OCc2cccc3ccccc23)cc1. The van der Waals surface area contributed by atoms with Crippen LogP contribution < -0.4 is 10.2 Å². The lowest BCUT2D eigenvalue weighted by Crippen LogP contribution is -2.10. The highest BCUT2D eigenvalue weighted by Crippen LogP contribution is 2.32. The predicted octanol–water partition coefficient (Wildman–Crippen LogP) is 6.50. The molecule has 0 amide bonds. The topological polar surface area (TPSA) is 39.4 Å². The molecule has 3 heteroatoms. The molecular formula is C27H20O3. The fourth-order valence-corrected chi connectivity index (χ4v) is 3.72. The lowest BCUT2D eigenvalue weighted by molar-refractivity contribution is 0.299. The Morgan fingerprint density at radius 2 is 1.47 bits per heavy atom. The van der Waals surface area contributed by atoms with Gasteiger partial charge in [-0.05, 0) is 35.4 Å². The molecule has 4 aromatic carbocycles. The second-order valence-corrected chi connectivity index (χ2v) is 7.38. The monoisotopic (exact) mass is 392 g/mol. The van der Waals surface area contributed by atoms with Gasteiger partial charge in [-0.1, -0.05) is 84.4 Å². The molecule has 0 saturated carbocycles. The van der Waals surface area contributed by atoms with E-state index >= 15 is 0 Å². The van der Waals surface area contributed by atoms with Crippen LogP contribution in [0.2, 0.25) is 0 Å². The van der Waals surface area contributed by atoms with Crippen molar-refractivity contribution in [2.45, 2.75) is 13.5 Å². The van der Waals surface area contributed by atoms with E-state index in [-0.39, 0.29) is 17.8 Å². The fraction of sp³-hybridized carbons (Fsp3) is 0.0741. The van der Waals surface area contributed by atoms with Crippen LogP contribution in [0.4, 0.5) is 0 Å². The zero-order valence-corrected chi connectivity index (χ0v) is 16.6.